The van der Waals surface area contributed by atoms with Gasteiger partial charge in [0, 0.05) is 13.0 Å². The Morgan fingerprint density at radius 3 is 2.06 bits per heavy atom. The maximum absolute atomic E-state index is 11.3. The lowest BCUT2D eigenvalue weighted by Gasteiger charge is -2.18. The summed E-state index contributed by atoms with van der Waals surface area (Å²) in [5.74, 6) is -0.290. The quantitative estimate of drug-likeness (QED) is 0.407. The van der Waals surface area contributed by atoms with Crippen molar-refractivity contribution in [3.8, 4) is 12.3 Å². The number of aliphatic carboxylic acids is 2. The maximum Gasteiger partial charge on any atom is 0.323 e. The van der Waals surface area contributed by atoms with Gasteiger partial charge in [0.2, 0.25) is 0 Å². The molecule has 0 aromatic rings. The molecule has 0 aliphatic carbocycles. The van der Waals surface area contributed by atoms with E-state index in [1.54, 1.807) is 0 Å². The van der Waals surface area contributed by atoms with Crippen LogP contribution in [-0.2, 0) is 9.59 Å². The van der Waals surface area contributed by atoms with Crippen LogP contribution in [-0.4, -0.2) is 52.7 Å². The van der Waals surface area contributed by atoms with Crippen LogP contribution >= 0.6 is 0 Å². The highest BCUT2D eigenvalue weighted by Gasteiger charge is 2.18. The largest absolute Gasteiger partial charge is 0.480 e. The van der Waals surface area contributed by atoms with Crippen molar-refractivity contribution in [1.29, 1.82) is 0 Å². The molecular formula is C9H12N2O5. The Hall–Kier alpha value is -2.23. The summed E-state index contributed by atoms with van der Waals surface area (Å²) >= 11 is 0. The van der Waals surface area contributed by atoms with Crippen LogP contribution in [0, 0.1) is 12.3 Å². The molecule has 16 heavy (non-hydrogen) atoms. The number of urea groups is 1. The van der Waals surface area contributed by atoms with Gasteiger partial charge in [0.05, 0.1) is 0 Å². The molecule has 7 heteroatoms. The number of amides is 2. The van der Waals surface area contributed by atoms with E-state index >= 15 is 0 Å². The molecule has 0 radical (unpaired) electrons. The first-order chi connectivity index (χ1) is 7.47. The molecule has 0 atom stereocenters. The second-order valence-corrected chi connectivity index (χ2v) is 2.83. The summed E-state index contributed by atoms with van der Waals surface area (Å²) in [6, 6.07) is -0.764. The van der Waals surface area contributed by atoms with Gasteiger partial charge in [-0.2, -0.15) is 0 Å². The topological polar surface area (TPSA) is 107 Å². The van der Waals surface area contributed by atoms with E-state index in [9.17, 15) is 14.4 Å². The summed E-state index contributed by atoms with van der Waals surface area (Å²) < 4.78 is 0. The Labute approximate surface area is 92.0 Å². The normalized spacial score (nSPS) is 8.94. The first-order valence-corrected chi connectivity index (χ1v) is 4.37. The molecule has 3 N–H and O–H groups in total. The van der Waals surface area contributed by atoms with Crippen LogP contribution in [0.1, 0.15) is 6.42 Å². The van der Waals surface area contributed by atoms with Crippen LogP contribution in [0.15, 0.2) is 0 Å². The second-order valence-electron chi connectivity index (χ2n) is 2.83. The number of hydrogen-bond acceptors (Lipinski definition) is 3. The first-order valence-electron chi connectivity index (χ1n) is 4.37. The lowest BCUT2D eigenvalue weighted by atomic mass is 10.4. The molecule has 0 aromatic carbocycles. The molecule has 0 unspecified atom stereocenters. The smallest absolute Gasteiger partial charge is 0.323 e. The third-order valence-corrected chi connectivity index (χ3v) is 1.49. The number of terminal acetylenes is 1. The summed E-state index contributed by atoms with van der Waals surface area (Å²) in [6.07, 6.45) is 5.24. The van der Waals surface area contributed by atoms with E-state index in [4.69, 9.17) is 16.6 Å². The van der Waals surface area contributed by atoms with Crippen LogP contribution in [0.5, 0.6) is 0 Å². The number of nitrogens with one attached hydrogen (secondary N) is 1. The summed E-state index contributed by atoms with van der Waals surface area (Å²) in [6.45, 7) is -1.17. The van der Waals surface area contributed by atoms with E-state index in [-0.39, 0.29) is 6.54 Å². The summed E-state index contributed by atoms with van der Waals surface area (Å²) in [5, 5.41) is 19.3. The highest BCUT2D eigenvalue weighted by molar-refractivity contribution is 5.84. The van der Waals surface area contributed by atoms with E-state index in [0.717, 1.165) is 0 Å². The minimum Gasteiger partial charge on any atom is -0.480 e. The predicted molar refractivity (Wildman–Crippen MR) is 53.7 cm³/mol. The summed E-state index contributed by atoms with van der Waals surface area (Å²) in [4.78, 5) is 32.7. The molecule has 0 bridgehead atoms. The Morgan fingerprint density at radius 1 is 1.19 bits per heavy atom. The van der Waals surface area contributed by atoms with Crippen molar-refractivity contribution in [3.63, 3.8) is 0 Å². The Balaban J connectivity index is 4.26. The van der Waals surface area contributed by atoms with E-state index < -0.39 is 31.1 Å². The minimum absolute atomic E-state index is 0.172. The van der Waals surface area contributed by atoms with E-state index in [1.165, 1.54) is 0 Å². The molecule has 0 heterocycles. The van der Waals surface area contributed by atoms with Gasteiger partial charge >= 0.3 is 18.0 Å². The number of nitrogens with zero attached hydrogens (tertiary/aromatic N) is 1. The second kappa shape index (κ2) is 7.11. The van der Waals surface area contributed by atoms with E-state index in [1.807, 2.05) is 0 Å². The fraction of sp³-hybridized carbons (Fsp3) is 0.444. The van der Waals surface area contributed by atoms with Gasteiger partial charge in [0.1, 0.15) is 13.1 Å². The molecule has 2 amide bonds. The molecule has 88 valence electrons. The number of carboxylic acid groups (broad SMARTS) is 2. The number of hydrogen-bond donors (Lipinski definition) is 3. The SMILES string of the molecule is C#CCCNC(=O)N(CC(=O)O)CC(=O)O. The zero-order chi connectivity index (χ0) is 12.6. The highest BCUT2D eigenvalue weighted by Crippen LogP contribution is 1.90. The number of carboxylic acids is 2. The fourth-order valence-corrected chi connectivity index (χ4v) is 0.879. The third-order valence-electron chi connectivity index (χ3n) is 1.49. The van der Waals surface area contributed by atoms with E-state index in [2.05, 4.69) is 11.2 Å². The lowest BCUT2D eigenvalue weighted by molar-refractivity contribution is -0.140. The molecule has 0 aliphatic rings. The van der Waals surface area contributed by atoms with E-state index in [0.29, 0.717) is 11.3 Å². The van der Waals surface area contributed by atoms with Crippen LogP contribution in [0.2, 0.25) is 0 Å². The van der Waals surface area contributed by atoms with Crippen molar-refractivity contribution in [2.45, 2.75) is 6.42 Å². The Bertz CT molecular complexity index is 304. The first kappa shape index (κ1) is 13.8. The molecule has 0 aromatic heterocycles. The number of rotatable bonds is 6. The molecule has 0 saturated carbocycles. The standard InChI is InChI=1S/C9H12N2O5/c1-2-3-4-10-9(16)11(5-7(12)13)6-8(14)15/h1H,3-6H2,(H,10,16)(H,12,13)(H,14,15). The molecule has 0 aliphatic heterocycles. The average Bonchev–Trinajstić information content (AvgIpc) is 2.15. The zero-order valence-corrected chi connectivity index (χ0v) is 8.47. The van der Waals surface area contributed by atoms with Crippen LogP contribution in [0.3, 0.4) is 0 Å². The number of carbonyl (C=O) groups is 3. The molecule has 0 fully saturated rings. The number of carbonyl (C=O) groups excluding carboxylic acids is 1. The average molecular weight is 228 g/mol. The van der Waals surface area contributed by atoms with Gasteiger partial charge in [-0.15, -0.1) is 12.3 Å². The molecular weight excluding hydrogens is 216 g/mol. The summed E-state index contributed by atoms with van der Waals surface area (Å²) in [7, 11) is 0. The van der Waals surface area contributed by atoms with Crippen molar-refractivity contribution in [1.82, 2.24) is 10.2 Å². The van der Waals surface area contributed by atoms with Gasteiger partial charge < -0.3 is 20.4 Å². The van der Waals surface area contributed by atoms with Gasteiger partial charge in [-0.3, -0.25) is 9.59 Å². The monoisotopic (exact) mass is 228 g/mol. The fourth-order valence-electron chi connectivity index (χ4n) is 0.879. The molecule has 7 nitrogen and oxygen atoms in total. The molecule has 0 saturated heterocycles. The van der Waals surface area contributed by atoms with Crippen LogP contribution in [0.25, 0.3) is 0 Å². The highest BCUT2D eigenvalue weighted by atomic mass is 16.4. The van der Waals surface area contributed by atoms with Gasteiger partial charge in [-0.25, -0.2) is 4.79 Å². The van der Waals surface area contributed by atoms with Crippen LogP contribution < -0.4 is 5.32 Å². The molecule has 0 rings (SSSR count). The summed E-state index contributed by atoms with van der Waals surface area (Å²) in [5.41, 5.74) is 0. The van der Waals surface area contributed by atoms with Crippen molar-refractivity contribution in [2.24, 2.45) is 0 Å². The van der Waals surface area contributed by atoms with Crippen molar-refractivity contribution >= 4 is 18.0 Å². The third kappa shape index (κ3) is 6.26. The van der Waals surface area contributed by atoms with Gasteiger partial charge in [-0.1, -0.05) is 0 Å². The minimum atomic E-state index is -1.28. The zero-order valence-electron chi connectivity index (χ0n) is 8.47. The van der Waals surface area contributed by atoms with Crippen molar-refractivity contribution < 1.29 is 24.6 Å². The maximum atomic E-state index is 11.3. The Morgan fingerprint density at radius 2 is 1.69 bits per heavy atom. The van der Waals surface area contributed by atoms with Gasteiger partial charge in [0.15, 0.2) is 0 Å². The predicted octanol–water partition coefficient (Wildman–Crippen LogP) is -0.809. The lowest BCUT2D eigenvalue weighted by Crippen LogP contribution is -2.45. The van der Waals surface area contributed by atoms with Crippen LogP contribution in [0.4, 0.5) is 4.79 Å². The van der Waals surface area contributed by atoms with Crippen molar-refractivity contribution in [3.05, 3.63) is 0 Å². The van der Waals surface area contributed by atoms with Gasteiger partial charge in [-0.05, 0) is 0 Å². The molecule has 0 spiro atoms. The Kier molecular flexibility index (Phi) is 6.12. The van der Waals surface area contributed by atoms with Crippen molar-refractivity contribution in [2.75, 3.05) is 19.6 Å². The van der Waals surface area contributed by atoms with Gasteiger partial charge in [0.25, 0.3) is 0 Å².